The van der Waals surface area contributed by atoms with Gasteiger partial charge >= 0.3 is 6.09 Å². The molecule has 1 amide bonds. The summed E-state index contributed by atoms with van der Waals surface area (Å²) in [5, 5.41) is 11.8. The number of piperidine rings is 1. The first kappa shape index (κ1) is 17.5. The fourth-order valence-corrected chi connectivity index (χ4v) is 3.43. The Morgan fingerprint density at radius 1 is 1.24 bits per heavy atom. The highest BCUT2D eigenvalue weighted by atomic mass is 35.5. The lowest BCUT2D eigenvalue weighted by Crippen LogP contribution is -2.35. The van der Waals surface area contributed by atoms with E-state index in [-0.39, 0.29) is 0 Å². The van der Waals surface area contributed by atoms with Crippen molar-refractivity contribution in [2.24, 2.45) is 5.92 Å². The van der Waals surface area contributed by atoms with Gasteiger partial charge in [0.25, 0.3) is 0 Å². The molecule has 0 unspecified atom stereocenters. The van der Waals surface area contributed by atoms with E-state index in [4.69, 9.17) is 21.7 Å². The Hall–Kier alpha value is -2.27. The summed E-state index contributed by atoms with van der Waals surface area (Å²) in [7, 11) is 0. The fraction of sp³-hybridized carbons (Fsp3) is 0.368. The molecular formula is C19H22ClN3O2. The molecule has 2 aromatic rings. The van der Waals surface area contributed by atoms with Crippen molar-refractivity contribution in [2.75, 3.05) is 24.5 Å². The lowest BCUT2D eigenvalue weighted by atomic mass is 9.93. The number of nitrogens with one attached hydrogen (secondary N) is 1. The van der Waals surface area contributed by atoms with Gasteiger partial charge in [0, 0.05) is 30.2 Å². The number of halogens is 1. The third-order valence-corrected chi connectivity index (χ3v) is 4.86. The number of aromatic nitrogens is 1. The van der Waals surface area contributed by atoms with Crippen LogP contribution >= 0.6 is 11.6 Å². The molecule has 0 aliphatic carbocycles. The van der Waals surface area contributed by atoms with Crippen LogP contribution < -0.4 is 10.2 Å². The number of nitrogens with zero attached hydrogens (tertiary/aromatic N) is 2. The van der Waals surface area contributed by atoms with Gasteiger partial charge in [-0.25, -0.2) is 9.78 Å². The monoisotopic (exact) mass is 359 g/mol. The molecule has 132 valence electrons. The first-order valence-corrected chi connectivity index (χ1v) is 8.94. The second-order valence-electron chi connectivity index (χ2n) is 6.34. The van der Waals surface area contributed by atoms with Gasteiger partial charge in [0.05, 0.1) is 5.69 Å². The molecule has 0 atom stereocenters. The first-order valence-electron chi connectivity index (χ1n) is 8.56. The second-order valence-corrected chi connectivity index (χ2v) is 6.78. The number of pyridine rings is 1. The van der Waals surface area contributed by atoms with E-state index in [1.807, 2.05) is 42.5 Å². The summed E-state index contributed by atoms with van der Waals surface area (Å²) in [6, 6.07) is 13.8. The van der Waals surface area contributed by atoms with Gasteiger partial charge in [-0.3, -0.25) is 0 Å². The molecule has 0 spiro atoms. The zero-order valence-electron chi connectivity index (χ0n) is 14.0. The van der Waals surface area contributed by atoms with Crippen molar-refractivity contribution in [1.82, 2.24) is 10.3 Å². The van der Waals surface area contributed by atoms with E-state index in [2.05, 4.69) is 10.2 Å². The van der Waals surface area contributed by atoms with Crippen molar-refractivity contribution < 1.29 is 9.90 Å². The molecular weight excluding hydrogens is 338 g/mol. The van der Waals surface area contributed by atoms with E-state index in [9.17, 15) is 4.79 Å². The summed E-state index contributed by atoms with van der Waals surface area (Å²) in [6.45, 7) is 2.43. The average molecular weight is 360 g/mol. The van der Waals surface area contributed by atoms with Crippen molar-refractivity contribution in [3.63, 3.8) is 0 Å². The number of amides is 1. The number of hydrogen-bond donors (Lipinski definition) is 2. The zero-order chi connectivity index (χ0) is 17.6. The number of anilines is 1. The number of rotatable bonds is 5. The van der Waals surface area contributed by atoms with Crippen LogP contribution in [0, 0.1) is 5.92 Å². The van der Waals surface area contributed by atoms with Crippen LogP contribution in [-0.2, 0) is 0 Å². The maximum absolute atomic E-state index is 10.5. The topological polar surface area (TPSA) is 65.5 Å². The summed E-state index contributed by atoms with van der Waals surface area (Å²) in [5.74, 6) is 1.55. The van der Waals surface area contributed by atoms with Gasteiger partial charge in [-0.1, -0.05) is 29.8 Å². The lowest BCUT2D eigenvalue weighted by molar-refractivity contribution is 0.193. The van der Waals surface area contributed by atoms with Crippen LogP contribution in [0.25, 0.3) is 11.3 Å². The maximum Gasteiger partial charge on any atom is 0.404 e. The molecule has 25 heavy (non-hydrogen) atoms. The minimum Gasteiger partial charge on any atom is -0.465 e. The summed E-state index contributed by atoms with van der Waals surface area (Å²) in [4.78, 5) is 17.6. The SMILES string of the molecule is O=C(O)NCCC1CCN(c2cccc(-c3cccc(Cl)c3)n2)CC1. The minimum absolute atomic E-state index is 0.530. The van der Waals surface area contributed by atoms with Gasteiger partial charge < -0.3 is 15.3 Å². The summed E-state index contributed by atoms with van der Waals surface area (Å²) in [5.41, 5.74) is 1.94. The van der Waals surface area contributed by atoms with Crippen LogP contribution in [-0.4, -0.2) is 35.8 Å². The molecule has 1 aliphatic rings. The van der Waals surface area contributed by atoms with Crippen LogP contribution in [0.2, 0.25) is 5.02 Å². The quantitative estimate of drug-likeness (QED) is 0.836. The molecule has 0 saturated carbocycles. The molecule has 0 bridgehead atoms. The van der Waals surface area contributed by atoms with Crippen LogP contribution in [0.4, 0.5) is 10.6 Å². The van der Waals surface area contributed by atoms with Crippen molar-refractivity contribution in [1.29, 1.82) is 0 Å². The Balaban J connectivity index is 1.60. The molecule has 2 N–H and O–H groups in total. The van der Waals surface area contributed by atoms with E-state index in [1.165, 1.54) is 0 Å². The third-order valence-electron chi connectivity index (χ3n) is 4.62. The Bertz CT molecular complexity index is 730. The molecule has 6 heteroatoms. The van der Waals surface area contributed by atoms with Crippen molar-refractivity contribution >= 4 is 23.5 Å². The Morgan fingerprint density at radius 2 is 2.00 bits per heavy atom. The number of benzene rings is 1. The van der Waals surface area contributed by atoms with Crippen molar-refractivity contribution in [3.05, 3.63) is 47.5 Å². The molecule has 1 fully saturated rings. The zero-order valence-corrected chi connectivity index (χ0v) is 14.7. The van der Waals surface area contributed by atoms with Crippen LogP contribution in [0.1, 0.15) is 19.3 Å². The summed E-state index contributed by atoms with van der Waals surface area (Å²) >= 11 is 6.08. The lowest BCUT2D eigenvalue weighted by Gasteiger charge is -2.33. The molecule has 1 saturated heterocycles. The maximum atomic E-state index is 10.5. The molecule has 2 heterocycles. The summed E-state index contributed by atoms with van der Waals surface area (Å²) in [6.07, 6.45) is 2.07. The van der Waals surface area contributed by atoms with E-state index < -0.39 is 6.09 Å². The highest BCUT2D eigenvalue weighted by Gasteiger charge is 2.20. The van der Waals surface area contributed by atoms with Crippen LogP contribution in [0.5, 0.6) is 0 Å². The highest BCUT2D eigenvalue weighted by molar-refractivity contribution is 6.30. The van der Waals surface area contributed by atoms with Crippen LogP contribution in [0.3, 0.4) is 0 Å². The van der Waals surface area contributed by atoms with Crippen molar-refractivity contribution in [3.8, 4) is 11.3 Å². The van der Waals surface area contributed by atoms with Gasteiger partial charge in [0.15, 0.2) is 0 Å². The van der Waals surface area contributed by atoms with Crippen LogP contribution in [0.15, 0.2) is 42.5 Å². The molecule has 1 aromatic heterocycles. The predicted molar refractivity (Wildman–Crippen MR) is 100 cm³/mol. The number of carboxylic acid groups (broad SMARTS) is 1. The van der Waals surface area contributed by atoms with Gasteiger partial charge in [0.1, 0.15) is 5.82 Å². The smallest absolute Gasteiger partial charge is 0.404 e. The predicted octanol–water partition coefficient (Wildman–Crippen LogP) is 4.28. The Morgan fingerprint density at radius 3 is 2.72 bits per heavy atom. The van der Waals surface area contributed by atoms with Gasteiger partial charge in [0.2, 0.25) is 0 Å². The molecule has 0 radical (unpaired) electrons. The highest BCUT2D eigenvalue weighted by Crippen LogP contribution is 2.27. The molecule has 1 aromatic carbocycles. The molecule has 3 rings (SSSR count). The number of carbonyl (C=O) groups is 1. The third kappa shape index (κ3) is 4.86. The molecule has 5 nitrogen and oxygen atoms in total. The van der Waals surface area contributed by atoms with E-state index >= 15 is 0 Å². The fourth-order valence-electron chi connectivity index (χ4n) is 3.24. The second kappa shape index (κ2) is 8.21. The minimum atomic E-state index is -0.945. The average Bonchev–Trinajstić information content (AvgIpc) is 2.62. The largest absolute Gasteiger partial charge is 0.465 e. The Kier molecular flexibility index (Phi) is 5.76. The van der Waals surface area contributed by atoms with E-state index in [1.54, 1.807) is 0 Å². The van der Waals surface area contributed by atoms with E-state index in [0.29, 0.717) is 17.5 Å². The first-order chi connectivity index (χ1) is 12.1. The summed E-state index contributed by atoms with van der Waals surface area (Å²) < 4.78 is 0. The standard InChI is InChI=1S/C19H22ClN3O2/c20-16-4-1-3-15(13-16)17-5-2-6-18(22-17)23-11-8-14(9-12-23)7-10-21-19(24)25/h1-6,13-14,21H,7-12H2,(H,24,25). The van der Waals surface area contributed by atoms with Gasteiger partial charge in [-0.2, -0.15) is 0 Å². The number of hydrogen-bond acceptors (Lipinski definition) is 3. The van der Waals surface area contributed by atoms with Gasteiger partial charge in [-0.05, 0) is 49.4 Å². The Labute approximate surface area is 152 Å². The van der Waals surface area contributed by atoms with Gasteiger partial charge in [-0.15, -0.1) is 0 Å². The molecule has 1 aliphatic heterocycles. The normalized spacial score (nSPS) is 15.2. The van der Waals surface area contributed by atoms with Crippen molar-refractivity contribution in [2.45, 2.75) is 19.3 Å². The van der Waals surface area contributed by atoms with E-state index in [0.717, 1.165) is 49.4 Å².